The van der Waals surface area contributed by atoms with Crippen LogP contribution >= 0.6 is 0 Å². The van der Waals surface area contributed by atoms with Crippen LogP contribution in [0.1, 0.15) is 19.3 Å². The SMILES string of the molecule is COC1CC(NCCN2CCCNCC2)C1. The van der Waals surface area contributed by atoms with Gasteiger partial charge in [-0.05, 0) is 32.4 Å². The molecule has 0 aromatic carbocycles. The van der Waals surface area contributed by atoms with Crippen LogP contribution in [0.15, 0.2) is 0 Å². The van der Waals surface area contributed by atoms with Crippen molar-refractivity contribution < 1.29 is 4.74 Å². The lowest BCUT2D eigenvalue weighted by molar-refractivity contribution is 0.0170. The van der Waals surface area contributed by atoms with Crippen LogP contribution in [0, 0.1) is 0 Å². The zero-order valence-electron chi connectivity index (χ0n) is 10.4. The summed E-state index contributed by atoms with van der Waals surface area (Å²) in [5.74, 6) is 0. The molecule has 2 fully saturated rings. The Morgan fingerprint density at radius 2 is 2.19 bits per heavy atom. The molecule has 94 valence electrons. The average molecular weight is 227 g/mol. The van der Waals surface area contributed by atoms with Crippen LogP contribution in [0.25, 0.3) is 0 Å². The van der Waals surface area contributed by atoms with Crippen molar-refractivity contribution in [1.82, 2.24) is 15.5 Å². The van der Waals surface area contributed by atoms with Crippen LogP contribution < -0.4 is 10.6 Å². The third kappa shape index (κ3) is 3.70. The van der Waals surface area contributed by atoms with Crippen molar-refractivity contribution in [2.24, 2.45) is 0 Å². The van der Waals surface area contributed by atoms with Crippen molar-refractivity contribution in [3.05, 3.63) is 0 Å². The maximum atomic E-state index is 5.27. The highest BCUT2D eigenvalue weighted by atomic mass is 16.5. The first kappa shape index (κ1) is 12.3. The van der Waals surface area contributed by atoms with Crippen molar-refractivity contribution in [2.45, 2.75) is 31.4 Å². The zero-order valence-corrected chi connectivity index (χ0v) is 10.4. The van der Waals surface area contributed by atoms with Gasteiger partial charge in [0.25, 0.3) is 0 Å². The van der Waals surface area contributed by atoms with Gasteiger partial charge in [0.05, 0.1) is 6.10 Å². The molecule has 0 radical (unpaired) electrons. The predicted octanol–water partition coefficient (Wildman–Crippen LogP) is 0.0487. The van der Waals surface area contributed by atoms with E-state index in [0.717, 1.165) is 13.1 Å². The summed E-state index contributed by atoms with van der Waals surface area (Å²) < 4.78 is 5.27. The van der Waals surface area contributed by atoms with Crippen molar-refractivity contribution in [2.75, 3.05) is 46.4 Å². The molecule has 0 aromatic heterocycles. The Morgan fingerprint density at radius 1 is 1.31 bits per heavy atom. The molecule has 0 bridgehead atoms. The third-order valence-electron chi connectivity index (χ3n) is 3.72. The second-order valence-electron chi connectivity index (χ2n) is 4.93. The van der Waals surface area contributed by atoms with Crippen LogP contribution in [0.3, 0.4) is 0 Å². The van der Waals surface area contributed by atoms with Gasteiger partial charge in [0.1, 0.15) is 0 Å². The minimum Gasteiger partial charge on any atom is -0.381 e. The number of nitrogens with one attached hydrogen (secondary N) is 2. The highest BCUT2D eigenvalue weighted by Gasteiger charge is 2.28. The fourth-order valence-corrected chi connectivity index (χ4v) is 2.48. The molecule has 0 amide bonds. The fourth-order valence-electron chi connectivity index (χ4n) is 2.48. The predicted molar refractivity (Wildman–Crippen MR) is 65.7 cm³/mol. The Bertz CT molecular complexity index is 187. The molecule has 2 rings (SSSR count). The van der Waals surface area contributed by atoms with Gasteiger partial charge in [-0.1, -0.05) is 0 Å². The van der Waals surface area contributed by atoms with Gasteiger partial charge >= 0.3 is 0 Å². The molecule has 1 heterocycles. The van der Waals surface area contributed by atoms with E-state index in [0.29, 0.717) is 12.1 Å². The molecule has 0 aromatic rings. The van der Waals surface area contributed by atoms with Crippen molar-refractivity contribution in [3.8, 4) is 0 Å². The van der Waals surface area contributed by atoms with E-state index in [4.69, 9.17) is 4.74 Å². The molecule has 1 saturated heterocycles. The summed E-state index contributed by atoms with van der Waals surface area (Å²) in [7, 11) is 1.81. The van der Waals surface area contributed by atoms with E-state index in [1.807, 2.05) is 7.11 Å². The lowest BCUT2D eigenvalue weighted by Gasteiger charge is -2.35. The summed E-state index contributed by atoms with van der Waals surface area (Å²) in [5.41, 5.74) is 0. The summed E-state index contributed by atoms with van der Waals surface area (Å²) in [6, 6.07) is 0.704. The Morgan fingerprint density at radius 3 is 3.00 bits per heavy atom. The van der Waals surface area contributed by atoms with E-state index in [-0.39, 0.29) is 0 Å². The molecule has 0 atom stereocenters. The molecule has 1 aliphatic carbocycles. The number of rotatable bonds is 5. The van der Waals surface area contributed by atoms with Crippen LogP contribution in [0.4, 0.5) is 0 Å². The smallest absolute Gasteiger partial charge is 0.0601 e. The first-order valence-electron chi connectivity index (χ1n) is 6.57. The summed E-state index contributed by atoms with van der Waals surface area (Å²) in [6.45, 7) is 7.10. The van der Waals surface area contributed by atoms with E-state index in [1.165, 1.54) is 45.4 Å². The molecule has 4 nitrogen and oxygen atoms in total. The number of nitrogens with zero attached hydrogens (tertiary/aromatic N) is 1. The molecule has 2 N–H and O–H groups in total. The fraction of sp³-hybridized carbons (Fsp3) is 1.00. The van der Waals surface area contributed by atoms with Crippen molar-refractivity contribution in [3.63, 3.8) is 0 Å². The normalized spacial score (nSPS) is 32.1. The lowest BCUT2D eigenvalue weighted by Crippen LogP contribution is -2.47. The van der Waals surface area contributed by atoms with E-state index in [9.17, 15) is 0 Å². The maximum absolute atomic E-state index is 5.27. The Balaban J connectivity index is 1.51. The summed E-state index contributed by atoms with van der Waals surface area (Å²) in [4.78, 5) is 2.56. The van der Waals surface area contributed by atoms with Gasteiger partial charge in [0.2, 0.25) is 0 Å². The largest absolute Gasteiger partial charge is 0.381 e. The van der Waals surface area contributed by atoms with Gasteiger partial charge < -0.3 is 20.3 Å². The second kappa shape index (κ2) is 6.55. The Kier molecular flexibility index (Phi) is 5.03. The van der Waals surface area contributed by atoms with Gasteiger partial charge in [0, 0.05) is 39.3 Å². The molecule has 1 aliphatic heterocycles. The summed E-state index contributed by atoms with van der Waals surface area (Å²) >= 11 is 0. The van der Waals surface area contributed by atoms with Gasteiger partial charge in [-0.3, -0.25) is 0 Å². The van der Waals surface area contributed by atoms with Crippen LogP contribution in [0.2, 0.25) is 0 Å². The van der Waals surface area contributed by atoms with E-state index < -0.39 is 0 Å². The van der Waals surface area contributed by atoms with E-state index in [1.54, 1.807) is 0 Å². The Hall–Kier alpha value is -0.160. The van der Waals surface area contributed by atoms with Gasteiger partial charge in [-0.25, -0.2) is 0 Å². The quantitative estimate of drug-likeness (QED) is 0.696. The Labute approximate surface area is 98.7 Å². The van der Waals surface area contributed by atoms with Crippen molar-refractivity contribution >= 4 is 0 Å². The molecule has 16 heavy (non-hydrogen) atoms. The molecular formula is C12H25N3O. The lowest BCUT2D eigenvalue weighted by atomic mass is 9.89. The van der Waals surface area contributed by atoms with E-state index in [2.05, 4.69) is 15.5 Å². The minimum absolute atomic E-state index is 0.514. The second-order valence-corrected chi connectivity index (χ2v) is 4.93. The molecule has 1 saturated carbocycles. The highest BCUT2D eigenvalue weighted by molar-refractivity contribution is 4.85. The molecule has 0 spiro atoms. The number of methoxy groups -OCH3 is 1. The zero-order chi connectivity index (χ0) is 11.2. The van der Waals surface area contributed by atoms with Gasteiger partial charge in [-0.15, -0.1) is 0 Å². The minimum atomic E-state index is 0.514. The van der Waals surface area contributed by atoms with Crippen LogP contribution in [0.5, 0.6) is 0 Å². The topological polar surface area (TPSA) is 36.5 Å². The number of hydrogen-bond acceptors (Lipinski definition) is 4. The summed E-state index contributed by atoms with van der Waals surface area (Å²) in [6.07, 6.45) is 4.19. The average Bonchev–Trinajstić information content (AvgIpc) is 2.50. The molecule has 0 unspecified atom stereocenters. The first-order chi connectivity index (χ1) is 7.88. The van der Waals surface area contributed by atoms with Gasteiger partial charge in [0.15, 0.2) is 0 Å². The number of hydrogen-bond donors (Lipinski definition) is 2. The molecular weight excluding hydrogens is 202 g/mol. The van der Waals surface area contributed by atoms with Crippen LogP contribution in [-0.4, -0.2) is 63.4 Å². The summed E-state index contributed by atoms with van der Waals surface area (Å²) in [5, 5.41) is 7.04. The first-order valence-corrected chi connectivity index (χ1v) is 6.57. The third-order valence-corrected chi connectivity index (χ3v) is 3.72. The van der Waals surface area contributed by atoms with E-state index >= 15 is 0 Å². The molecule has 2 aliphatic rings. The number of ether oxygens (including phenoxy) is 1. The standard InChI is InChI=1S/C12H25N3O/c1-16-12-9-11(10-12)14-5-8-15-6-2-3-13-4-7-15/h11-14H,2-10H2,1H3. The molecule has 4 heteroatoms. The monoisotopic (exact) mass is 227 g/mol. The highest BCUT2D eigenvalue weighted by Crippen LogP contribution is 2.22. The van der Waals surface area contributed by atoms with Crippen molar-refractivity contribution in [1.29, 1.82) is 0 Å². The maximum Gasteiger partial charge on any atom is 0.0601 e. The van der Waals surface area contributed by atoms with Gasteiger partial charge in [-0.2, -0.15) is 0 Å². The van der Waals surface area contributed by atoms with Crippen LogP contribution in [-0.2, 0) is 4.74 Å².